The van der Waals surface area contributed by atoms with Crippen molar-refractivity contribution in [1.82, 2.24) is 10.2 Å². The average molecular weight is 397 g/mol. The molecule has 0 spiro atoms. The third-order valence-corrected chi connectivity index (χ3v) is 4.15. The van der Waals surface area contributed by atoms with Crippen molar-refractivity contribution in [1.29, 1.82) is 0 Å². The number of aromatic nitrogens is 2. The molecule has 1 aromatic heterocycles. The number of hydrogen-bond donors (Lipinski definition) is 2. The van der Waals surface area contributed by atoms with Gasteiger partial charge in [0.15, 0.2) is 11.5 Å². The van der Waals surface area contributed by atoms with Crippen LogP contribution in [0.5, 0.6) is 0 Å². The van der Waals surface area contributed by atoms with E-state index in [0.29, 0.717) is 22.1 Å². The lowest BCUT2D eigenvalue weighted by atomic mass is 10.2. The first-order valence-corrected chi connectivity index (χ1v) is 8.70. The number of aryl methyl sites for hydroxylation is 1. The summed E-state index contributed by atoms with van der Waals surface area (Å²) in [5, 5.41) is 14.4. The molecule has 0 aliphatic carbocycles. The van der Waals surface area contributed by atoms with Crippen LogP contribution in [0.25, 0.3) is 0 Å². The molecule has 142 valence electrons. The van der Waals surface area contributed by atoms with Crippen LogP contribution in [0.15, 0.2) is 54.6 Å². The first kappa shape index (κ1) is 19.3. The summed E-state index contributed by atoms with van der Waals surface area (Å²) in [5.41, 5.74) is 2.85. The fourth-order valence-electron chi connectivity index (χ4n) is 2.43. The number of ether oxygens (including phenoxy) is 1. The number of hydrogen-bond acceptors (Lipinski definition) is 6. The van der Waals surface area contributed by atoms with E-state index in [1.165, 1.54) is 7.11 Å². The molecular formula is C20H17ClN4O3. The minimum absolute atomic E-state index is 0.181. The van der Waals surface area contributed by atoms with Crippen molar-refractivity contribution in [3.05, 3.63) is 76.4 Å². The highest BCUT2D eigenvalue weighted by atomic mass is 35.5. The lowest BCUT2D eigenvalue weighted by molar-refractivity contribution is 0.0600. The molecule has 0 unspecified atom stereocenters. The number of benzene rings is 2. The van der Waals surface area contributed by atoms with E-state index >= 15 is 0 Å². The summed E-state index contributed by atoms with van der Waals surface area (Å²) >= 11 is 5.92. The van der Waals surface area contributed by atoms with Gasteiger partial charge >= 0.3 is 5.97 Å². The summed E-state index contributed by atoms with van der Waals surface area (Å²) in [6, 6.07) is 15.1. The van der Waals surface area contributed by atoms with E-state index in [9.17, 15) is 9.59 Å². The minimum Gasteiger partial charge on any atom is -0.465 e. The van der Waals surface area contributed by atoms with E-state index in [2.05, 4.69) is 25.6 Å². The van der Waals surface area contributed by atoms with E-state index in [0.717, 1.165) is 11.3 Å². The van der Waals surface area contributed by atoms with Crippen LogP contribution in [0.1, 0.15) is 26.4 Å². The molecule has 0 radical (unpaired) electrons. The van der Waals surface area contributed by atoms with Gasteiger partial charge in [-0.15, -0.1) is 10.2 Å². The van der Waals surface area contributed by atoms with Gasteiger partial charge in [-0.05, 0) is 67.1 Å². The maximum atomic E-state index is 12.3. The number of amides is 1. The van der Waals surface area contributed by atoms with Crippen LogP contribution in [-0.2, 0) is 4.74 Å². The van der Waals surface area contributed by atoms with Crippen molar-refractivity contribution < 1.29 is 14.3 Å². The van der Waals surface area contributed by atoms with Gasteiger partial charge in [0, 0.05) is 16.4 Å². The van der Waals surface area contributed by atoms with E-state index in [-0.39, 0.29) is 11.6 Å². The Hall–Kier alpha value is -3.45. The SMILES string of the molecule is COC(=O)c1ccc(Nc2ccc(C(=O)Nc3ccc(Cl)cc3C)nn2)cc1. The summed E-state index contributed by atoms with van der Waals surface area (Å²) in [6.07, 6.45) is 0. The molecule has 0 aliphatic rings. The lowest BCUT2D eigenvalue weighted by Crippen LogP contribution is -2.15. The van der Waals surface area contributed by atoms with Crippen LogP contribution in [0.3, 0.4) is 0 Å². The smallest absolute Gasteiger partial charge is 0.337 e. The molecule has 3 rings (SSSR count). The Morgan fingerprint density at radius 2 is 1.75 bits per heavy atom. The predicted molar refractivity (Wildman–Crippen MR) is 107 cm³/mol. The number of methoxy groups -OCH3 is 1. The Bertz CT molecular complexity index is 1000. The molecule has 0 atom stereocenters. The Morgan fingerprint density at radius 3 is 2.36 bits per heavy atom. The molecule has 2 aromatic carbocycles. The number of carbonyl (C=O) groups excluding carboxylic acids is 2. The second kappa shape index (κ2) is 8.49. The highest BCUT2D eigenvalue weighted by molar-refractivity contribution is 6.30. The summed E-state index contributed by atoms with van der Waals surface area (Å²) < 4.78 is 4.66. The summed E-state index contributed by atoms with van der Waals surface area (Å²) in [5.74, 6) is -0.311. The molecule has 0 aliphatic heterocycles. The van der Waals surface area contributed by atoms with Crippen molar-refractivity contribution in [2.75, 3.05) is 17.7 Å². The number of rotatable bonds is 5. The first-order valence-electron chi connectivity index (χ1n) is 8.33. The summed E-state index contributed by atoms with van der Waals surface area (Å²) in [6.45, 7) is 1.85. The minimum atomic E-state index is -0.405. The first-order chi connectivity index (χ1) is 13.5. The molecule has 0 saturated carbocycles. The van der Waals surface area contributed by atoms with E-state index < -0.39 is 5.97 Å². The summed E-state index contributed by atoms with van der Waals surface area (Å²) in [7, 11) is 1.33. The molecule has 1 heterocycles. The molecular weight excluding hydrogens is 380 g/mol. The van der Waals surface area contributed by atoms with Crippen LogP contribution in [0.2, 0.25) is 5.02 Å². The number of nitrogens with zero attached hydrogens (tertiary/aromatic N) is 2. The molecule has 7 nitrogen and oxygen atoms in total. The van der Waals surface area contributed by atoms with Gasteiger partial charge in [0.1, 0.15) is 0 Å². The standard InChI is InChI=1S/C20H17ClN4O3/c1-12-11-14(21)5-8-16(12)23-19(26)17-9-10-18(25-24-17)22-15-6-3-13(4-7-15)20(27)28-2/h3-11H,1-2H3,(H,22,25)(H,23,26). The Morgan fingerprint density at radius 1 is 1.00 bits per heavy atom. The highest BCUT2D eigenvalue weighted by Crippen LogP contribution is 2.20. The molecule has 2 N–H and O–H groups in total. The number of anilines is 3. The van der Waals surface area contributed by atoms with Crippen LogP contribution in [0, 0.1) is 6.92 Å². The summed E-state index contributed by atoms with van der Waals surface area (Å²) in [4.78, 5) is 23.8. The van der Waals surface area contributed by atoms with Gasteiger partial charge in [-0.25, -0.2) is 4.79 Å². The third-order valence-electron chi connectivity index (χ3n) is 3.91. The van der Waals surface area contributed by atoms with Gasteiger partial charge in [-0.1, -0.05) is 11.6 Å². The molecule has 1 amide bonds. The van der Waals surface area contributed by atoms with Gasteiger partial charge < -0.3 is 15.4 Å². The van der Waals surface area contributed by atoms with E-state index in [1.54, 1.807) is 54.6 Å². The van der Waals surface area contributed by atoms with Crippen LogP contribution in [-0.4, -0.2) is 29.2 Å². The topological polar surface area (TPSA) is 93.2 Å². The van der Waals surface area contributed by atoms with Crippen molar-refractivity contribution in [3.8, 4) is 0 Å². The van der Waals surface area contributed by atoms with Crippen LogP contribution >= 0.6 is 11.6 Å². The highest BCUT2D eigenvalue weighted by Gasteiger charge is 2.11. The fraction of sp³-hybridized carbons (Fsp3) is 0.100. The van der Waals surface area contributed by atoms with E-state index in [4.69, 9.17) is 11.6 Å². The number of halogens is 1. The van der Waals surface area contributed by atoms with Gasteiger partial charge in [0.25, 0.3) is 5.91 Å². The van der Waals surface area contributed by atoms with E-state index in [1.807, 2.05) is 6.92 Å². The lowest BCUT2D eigenvalue weighted by Gasteiger charge is -2.09. The third kappa shape index (κ3) is 4.63. The fourth-order valence-corrected chi connectivity index (χ4v) is 2.66. The van der Waals surface area contributed by atoms with Gasteiger partial charge in [0.05, 0.1) is 12.7 Å². The van der Waals surface area contributed by atoms with Gasteiger partial charge in [-0.3, -0.25) is 4.79 Å². The number of esters is 1. The molecule has 0 saturated heterocycles. The zero-order valence-electron chi connectivity index (χ0n) is 15.2. The monoisotopic (exact) mass is 396 g/mol. The quantitative estimate of drug-likeness (QED) is 0.627. The largest absolute Gasteiger partial charge is 0.465 e. The number of carbonyl (C=O) groups is 2. The van der Waals surface area contributed by atoms with Crippen molar-refractivity contribution >= 4 is 40.7 Å². The molecule has 8 heteroatoms. The normalized spacial score (nSPS) is 10.2. The molecule has 3 aromatic rings. The maximum absolute atomic E-state index is 12.3. The van der Waals surface area contributed by atoms with Crippen molar-refractivity contribution in [3.63, 3.8) is 0 Å². The molecule has 28 heavy (non-hydrogen) atoms. The van der Waals surface area contributed by atoms with Crippen LogP contribution in [0.4, 0.5) is 17.2 Å². The van der Waals surface area contributed by atoms with Crippen molar-refractivity contribution in [2.24, 2.45) is 0 Å². The second-order valence-electron chi connectivity index (χ2n) is 5.91. The molecule has 0 bridgehead atoms. The zero-order valence-corrected chi connectivity index (χ0v) is 15.9. The van der Waals surface area contributed by atoms with Crippen molar-refractivity contribution in [2.45, 2.75) is 6.92 Å². The Labute approximate surface area is 166 Å². The van der Waals surface area contributed by atoms with Crippen LogP contribution < -0.4 is 10.6 Å². The van der Waals surface area contributed by atoms with Gasteiger partial charge in [0.2, 0.25) is 0 Å². The molecule has 0 fully saturated rings. The Kier molecular flexibility index (Phi) is 5.86. The van der Waals surface area contributed by atoms with Gasteiger partial charge in [-0.2, -0.15) is 0 Å². The zero-order chi connectivity index (χ0) is 20.1. The maximum Gasteiger partial charge on any atom is 0.337 e. The Balaban J connectivity index is 1.65. The second-order valence-corrected chi connectivity index (χ2v) is 6.35. The number of nitrogens with one attached hydrogen (secondary N) is 2. The predicted octanol–water partition coefficient (Wildman–Crippen LogP) is 4.22. The average Bonchev–Trinajstić information content (AvgIpc) is 2.70.